The lowest BCUT2D eigenvalue weighted by Gasteiger charge is -2.44. The number of carbonyl (C=O) groups is 2. The third-order valence-electron chi connectivity index (χ3n) is 18.4. The maximum Gasteiger partial charge on any atom is 0.412 e. The molecule has 12 rings (SSSR count). The molecule has 4 aromatic rings. The Balaban J connectivity index is 0.000000178. The molecule has 8 aliphatic rings. The summed E-state index contributed by atoms with van der Waals surface area (Å²) < 4.78 is 40.0. The molecule has 2 unspecified atom stereocenters. The molecule has 450 valence electrons. The normalized spacial score (nSPS) is 28.5. The van der Waals surface area contributed by atoms with Gasteiger partial charge in [0.05, 0.1) is 52.5 Å². The van der Waals surface area contributed by atoms with Gasteiger partial charge in [0.2, 0.25) is 0 Å². The molecule has 83 heavy (non-hydrogen) atoms. The Morgan fingerprint density at radius 2 is 1.35 bits per heavy atom. The van der Waals surface area contributed by atoms with Crippen LogP contribution >= 0.6 is 11.8 Å². The standard InChI is InChI=1S/C35H48FN5O5.C28H38N4O4S/c1-32(2,3)46-31(42)37-25-10-9-23-8-5-13-35(27(23)16-25)18-28-26(20-45-35)29(40-14-6-11-33(4,43)21-40)39-30(38-28)44-22-34-12-7-15-41(34)19-24(36)17-34;1-26(2,3)32(25(33)34)19-10-9-18-8-6-12-28(21(18)14-19)15-22-20(16-36-28)23(30-24(29-22)37-5)31-13-7-11-27(4,35)17-31/h9-10,16,24,43H,5-8,11-15,17-22H2,1-4H3,(H,37,42);9-10,14,35H,6-8,11-13,15-17H2,1-5H3,(H,33,34)/t24-,33-,34+,35?;27-,28?/m11/s1. The third-order valence-corrected chi connectivity index (χ3v) is 18.9. The fourth-order valence-corrected chi connectivity index (χ4v) is 15.1. The van der Waals surface area contributed by atoms with E-state index in [1.807, 2.05) is 85.9 Å². The zero-order valence-electron chi connectivity index (χ0n) is 50.2. The van der Waals surface area contributed by atoms with Crippen molar-refractivity contribution in [2.24, 2.45) is 0 Å². The van der Waals surface area contributed by atoms with Crippen molar-refractivity contribution in [3.05, 3.63) is 81.2 Å². The summed E-state index contributed by atoms with van der Waals surface area (Å²) in [5, 5.41) is 35.4. The number of fused-ring (bicyclic) bond motifs is 7. The minimum Gasteiger partial charge on any atom is -0.465 e. The molecule has 2 aliphatic carbocycles. The van der Waals surface area contributed by atoms with E-state index in [4.69, 9.17) is 38.9 Å². The van der Waals surface area contributed by atoms with Crippen LogP contribution in [0, 0.1) is 0 Å². The molecule has 2 aromatic heterocycles. The van der Waals surface area contributed by atoms with Gasteiger partial charge < -0.3 is 44.1 Å². The number of benzene rings is 2. The number of hydrogen-bond acceptors (Lipinski definition) is 16. The summed E-state index contributed by atoms with van der Waals surface area (Å²) in [4.78, 5) is 52.6. The third kappa shape index (κ3) is 12.4. The number of hydrogen-bond donors (Lipinski definition) is 4. The van der Waals surface area contributed by atoms with Gasteiger partial charge in [0.1, 0.15) is 30.0 Å². The van der Waals surface area contributed by atoms with Crippen LogP contribution in [0.4, 0.5) is 37.0 Å². The maximum atomic E-state index is 14.5. The average Bonchev–Trinajstić information content (AvgIpc) is 2.28. The van der Waals surface area contributed by atoms with Crippen LogP contribution in [0.5, 0.6) is 6.01 Å². The molecular weight excluding hydrogens is 1080 g/mol. The minimum absolute atomic E-state index is 0.302. The number of aromatic nitrogens is 4. The first kappa shape index (κ1) is 59.4. The molecule has 4 saturated heterocycles. The van der Waals surface area contributed by atoms with Crippen molar-refractivity contribution in [3.8, 4) is 6.01 Å². The predicted molar refractivity (Wildman–Crippen MR) is 318 cm³/mol. The average molecular weight is 1160 g/mol. The van der Waals surface area contributed by atoms with Gasteiger partial charge in [-0.1, -0.05) is 23.9 Å². The number of halogens is 1. The van der Waals surface area contributed by atoms with Gasteiger partial charge in [-0.15, -0.1) is 0 Å². The lowest BCUT2D eigenvalue weighted by molar-refractivity contribution is -0.0858. The van der Waals surface area contributed by atoms with Crippen molar-refractivity contribution < 1.29 is 48.2 Å². The molecule has 18 nitrogen and oxygen atoms in total. The first-order valence-electron chi connectivity index (χ1n) is 30.1. The zero-order chi connectivity index (χ0) is 58.9. The molecule has 8 heterocycles. The number of rotatable bonds is 8. The Morgan fingerprint density at radius 3 is 1.93 bits per heavy atom. The highest BCUT2D eigenvalue weighted by Gasteiger charge is 2.51. The van der Waals surface area contributed by atoms with Gasteiger partial charge in [0.15, 0.2) is 5.16 Å². The summed E-state index contributed by atoms with van der Waals surface area (Å²) in [5.74, 6) is 1.63. The Bertz CT molecular complexity index is 3120. The van der Waals surface area contributed by atoms with Gasteiger partial charge in [0, 0.05) is 80.0 Å². The van der Waals surface area contributed by atoms with Crippen LogP contribution in [0.3, 0.4) is 0 Å². The molecule has 20 heteroatoms. The number of ether oxygens (including phenoxy) is 4. The number of carbonyl (C=O) groups excluding carboxylic acids is 1. The number of aryl methyl sites for hydroxylation is 2. The van der Waals surface area contributed by atoms with E-state index in [0.717, 1.165) is 147 Å². The number of aliphatic hydroxyl groups is 2. The van der Waals surface area contributed by atoms with Gasteiger partial charge in [-0.05, 0) is 192 Å². The molecule has 4 N–H and O–H groups in total. The van der Waals surface area contributed by atoms with Gasteiger partial charge >= 0.3 is 18.2 Å². The van der Waals surface area contributed by atoms with Crippen molar-refractivity contribution in [1.29, 1.82) is 0 Å². The number of amides is 2. The Kier molecular flexibility index (Phi) is 16.1. The van der Waals surface area contributed by atoms with Crippen molar-refractivity contribution in [2.45, 2.75) is 215 Å². The van der Waals surface area contributed by atoms with Crippen LogP contribution in [0.1, 0.15) is 171 Å². The zero-order valence-corrected chi connectivity index (χ0v) is 51.0. The molecule has 4 fully saturated rings. The van der Waals surface area contributed by atoms with Crippen LogP contribution in [0.15, 0.2) is 41.6 Å². The van der Waals surface area contributed by atoms with E-state index in [9.17, 15) is 29.3 Å². The number of β-amino-alcohol motifs (C(OH)–C–C–N with tert-alkyl or cyclic N) is 2. The smallest absolute Gasteiger partial charge is 0.412 e. The number of anilines is 4. The summed E-state index contributed by atoms with van der Waals surface area (Å²) >= 11 is 1.53. The summed E-state index contributed by atoms with van der Waals surface area (Å²) in [6.07, 6.45) is 12.1. The van der Waals surface area contributed by atoms with Crippen molar-refractivity contribution >= 4 is 47.0 Å². The second kappa shape index (κ2) is 22.5. The molecular formula is C63H86FN9O9S. The van der Waals surface area contributed by atoms with E-state index in [-0.39, 0.29) is 5.54 Å². The van der Waals surface area contributed by atoms with Crippen molar-refractivity contribution in [1.82, 2.24) is 24.8 Å². The highest BCUT2D eigenvalue weighted by Crippen LogP contribution is 2.50. The topological polar surface area (TPSA) is 208 Å². The lowest BCUT2D eigenvalue weighted by Crippen LogP contribution is -2.47. The van der Waals surface area contributed by atoms with Crippen molar-refractivity contribution in [3.63, 3.8) is 0 Å². The molecule has 2 aromatic carbocycles. The number of thioether (sulfide) groups is 1. The Hall–Kier alpha value is -5.38. The molecule has 6 aliphatic heterocycles. The quantitative estimate of drug-likeness (QED) is 0.0955. The van der Waals surface area contributed by atoms with Crippen LogP contribution in [-0.4, -0.2) is 139 Å². The summed E-state index contributed by atoms with van der Waals surface area (Å²) in [6, 6.07) is 12.3. The van der Waals surface area contributed by atoms with E-state index in [1.165, 1.54) is 27.8 Å². The highest BCUT2D eigenvalue weighted by atomic mass is 32.2. The van der Waals surface area contributed by atoms with Gasteiger partial charge in [-0.25, -0.2) is 23.9 Å². The molecule has 0 radical (unpaired) electrons. The Labute approximate surface area is 492 Å². The Morgan fingerprint density at radius 1 is 0.771 bits per heavy atom. The number of piperidine rings is 2. The van der Waals surface area contributed by atoms with Crippen LogP contribution in [0.25, 0.3) is 0 Å². The van der Waals surface area contributed by atoms with Crippen LogP contribution in [0.2, 0.25) is 0 Å². The summed E-state index contributed by atoms with van der Waals surface area (Å²) in [5.41, 5.74) is 5.46. The highest BCUT2D eigenvalue weighted by molar-refractivity contribution is 7.98. The van der Waals surface area contributed by atoms with Gasteiger partial charge in [-0.3, -0.25) is 15.1 Å². The lowest BCUT2D eigenvalue weighted by atomic mass is 9.74. The molecule has 0 saturated carbocycles. The largest absolute Gasteiger partial charge is 0.465 e. The first-order chi connectivity index (χ1) is 39.2. The fourth-order valence-electron chi connectivity index (χ4n) is 14.7. The van der Waals surface area contributed by atoms with E-state index in [2.05, 4.69) is 32.1 Å². The maximum absolute atomic E-state index is 14.5. The summed E-state index contributed by atoms with van der Waals surface area (Å²) in [6.45, 7) is 20.1. The van der Waals surface area contributed by atoms with Crippen molar-refractivity contribution in [2.75, 3.05) is 72.1 Å². The molecule has 0 bridgehead atoms. The van der Waals surface area contributed by atoms with Crippen LogP contribution < -0.4 is 24.8 Å². The number of alkyl halides is 1. The van der Waals surface area contributed by atoms with E-state index >= 15 is 0 Å². The predicted octanol–water partition coefficient (Wildman–Crippen LogP) is 10.6. The number of nitrogens with one attached hydrogen (secondary N) is 1. The number of nitrogens with zero attached hydrogens (tertiary/aromatic N) is 8. The SMILES string of the molecule is CC(C)(C)OC(=O)Nc1ccc2c(c1)C1(CCC2)Cc2nc(OC[C@@]34CCCN3C[C@H](F)C4)nc(N3CCC[C@@](C)(O)C3)c2CO1.CSc1nc2c(c(N3CCC[C@@](C)(O)C3)n1)COC1(CCCc3ccc(N(C(=O)O)C(C)(C)C)cc31)C2. The van der Waals surface area contributed by atoms with E-state index in [0.29, 0.717) is 76.1 Å². The second-order valence-corrected chi connectivity index (χ2v) is 28.2. The van der Waals surface area contributed by atoms with E-state index < -0.39 is 51.9 Å². The van der Waals surface area contributed by atoms with Gasteiger partial charge in [0.25, 0.3) is 0 Å². The number of carboxylic acid groups (broad SMARTS) is 1. The first-order valence-corrected chi connectivity index (χ1v) is 31.4. The van der Waals surface area contributed by atoms with E-state index in [1.54, 1.807) is 0 Å². The van der Waals surface area contributed by atoms with Gasteiger partial charge in [-0.2, -0.15) is 9.97 Å². The second-order valence-electron chi connectivity index (χ2n) is 27.4. The molecule has 2 amide bonds. The van der Waals surface area contributed by atoms with Crippen LogP contribution in [-0.2, 0) is 64.3 Å². The minimum atomic E-state index is -0.966. The molecule has 2 spiro atoms. The fraction of sp³-hybridized carbons (Fsp3) is 0.651. The molecule has 6 atom stereocenters. The summed E-state index contributed by atoms with van der Waals surface area (Å²) in [7, 11) is 0. The monoisotopic (exact) mass is 1160 g/mol.